The lowest BCUT2D eigenvalue weighted by Gasteiger charge is -2.32. The minimum atomic E-state index is -0.410. The Hall–Kier alpha value is -5.92. The maximum atomic E-state index is 2.43. The van der Waals surface area contributed by atoms with Gasteiger partial charge in [-0.05, 0) is 134 Å². The molecule has 0 N–H and O–H groups in total. The van der Waals surface area contributed by atoms with Crippen LogP contribution in [-0.2, 0) is 5.41 Å². The molecule has 0 bridgehead atoms. The minimum Gasteiger partial charge on any atom is -0.310 e. The van der Waals surface area contributed by atoms with E-state index in [1.807, 2.05) is 0 Å². The Morgan fingerprint density at radius 2 is 1.08 bits per heavy atom. The van der Waals surface area contributed by atoms with Crippen molar-refractivity contribution in [1.82, 2.24) is 0 Å². The first-order valence-corrected chi connectivity index (χ1v) is 17.3. The fourth-order valence-electron chi connectivity index (χ4n) is 9.19. The zero-order valence-electron chi connectivity index (χ0n) is 28.0. The van der Waals surface area contributed by atoms with Gasteiger partial charge >= 0.3 is 0 Å². The van der Waals surface area contributed by atoms with Gasteiger partial charge in [0.25, 0.3) is 0 Å². The van der Waals surface area contributed by atoms with Gasteiger partial charge in [-0.25, -0.2) is 0 Å². The van der Waals surface area contributed by atoms with Crippen LogP contribution in [0, 0.1) is 20.8 Å². The van der Waals surface area contributed by atoms with Crippen LogP contribution in [0.1, 0.15) is 38.9 Å². The average Bonchev–Trinajstić information content (AvgIpc) is 3.60. The molecule has 0 atom stereocenters. The van der Waals surface area contributed by atoms with Crippen molar-refractivity contribution in [2.24, 2.45) is 0 Å². The molecule has 0 fully saturated rings. The van der Waals surface area contributed by atoms with Crippen molar-refractivity contribution in [3.05, 3.63) is 197 Å². The van der Waals surface area contributed by atoms with E-state index in [0.717, 1.165) is 5.69 Å². The average molecular weight is 626 g/mol. The van der Waals surface area contributed by atoms with Gasteiger partial charge in [-0.2, -0.15) is 0 Å². The lowest BCUT2D eigenvalue weighted by molar-refractivity contribution is 0.802. The summed E-state index contributed by atoms with van der Waals surface area (Å²) in [7, 11) is 0. The van der Waals surface area contributed by atoms with Gasteiger partial charge in [0.15, 0.2) is 0 Å². The molecule has 0 amide bonds. The third-order valence-corrected chi connectivity index (χ3v) is 11.0. The second-order valence-electron chi connectivity index (χ2n) is 13.9. The molecular formula is C48H35N. The maximum Gasteiger partial charge on any atom is 0.0731 e. The highest BCUT2D eigenvalue weighted by Gasteiger charge is 2.52. The summed E-state index contributed by atoms with van der Waals surface area (Å²) in [5.41, 5.74) is 17.8. The Bertz CT molecular complexity index is 2590. The van der Waals surface area contributed by atoms with Gasteiger partial charge < -0.3 is 4.90 Å². The normalized spacial score (nSPS) is 13.4. The minimum absolute atomic E-state index is 0.410. The van der Waals surface area contributed by atoms with Crippen molar-refractivity contribution in [1.29, 1.82) is 0 Å². The van der Waals surface area contributed by atoms with E-state index in [4.69, 9.17) is 0 Å². The van der Waals surface area contributed by atoms with Gasteiger partial charge in [0.1, 0.15) is 0 Å². The summed E-state index contributed by atoms with van der Waals surface area (Å²) in [5, 5.41) is 5.15. The molecular weight excluding hydrogens is 591 g/mol. The molecule has 1 heteroatoms. The molecule has 1 nitrogen and oxygen atoms in total. The highest BCUT2D eigenvalue weighted by Crippen LogP contribution is 2.65. The van der Waals surface area contributed by atoms with Crippen LogP contribution in [0.25, 0.3) is 43.8 Å². The molecule has 49 heavy (non-hydrogen) atoms. The fourth-order valence-corrected chi connectivity index (χ4v) is 9.19. The van der Waals surface area contributed by atoms with E-state index in [9.17, 15) is 0 Å². The number of aryl methyl sites for hydroxylation is 3. The summed E-state index contributed by atoms with van der Waals surface area (Å²) < 4.78 is 0. The molecule has 0 heterocycles. The van der Waals surface area contributed by atoms with Crippen LogP contribution in [0.5, 0.6) is 0 Å². The van der Waals surface area contributed by atoms with Crippen molar-refractivity contribution in [3.8, 4) is 22.3 Å². The number of hydrogen-bond donors (Lipinski definition) is 0. The Balaban J connectivity index is 1.30. The molecule has 0 unspecified atom stereocenters. The zero-order valence-corrected chi connectivity index (χ0v) is 28.0. The van der Waals surface area contributed by atoms with Crippen LogP contribution in [0.15, 0.2) is 158 Å². The number of benzene rings is 8. The Morgan fingerprint density at radius 1 is 0.429 bits per heavy atom. The molecule has 0 saturated carbocycles. The van der Waals surface area contributed by atoms with Crippen LogP contribution in [0.3, 0.4) is 0 Å². The molecule has 2 aliphatic carbocycles. The lowest BCUT2D eigenvalue weighted by Crippen LogP contribution is -2.26. The smallest absolute Gasteiger partial charge is 0.0731 e. The SMILES string of the molecule is Cc1cc(C)cc(N(c2ccc3c4c(ccc3c2)-c2c(ccc3ccccc23)C42c3ccccc3-c3ccccc32)c2ccccc2C)c1. The summed E-state index contributed by atoms with van der Waals surface area (Å²) >= 11 is 0. The van der Waals surface area contributed by atoms with Crippen LogP contribution in [0.2, 0.25) is 0 Å². The molecule has 0 aliphatic heterocycles. The standard InChI is InChI=1S/C48H35N/c1-30-26-31(2)28-36(27-30)49(45-19-11-4-12-32(45)3)35-22-24-38-34(29-35)20-23-41-46-37-14-6-5-13-33(37)21-25-44(46)48(47(38)41)42-17-9-7-15-39(42)40-16-8-10-18-43(40)48/h4-29H,1-3H3. The van der Waals surface area contributed by atoms with E-state index in [1.165, 1.54) is 94.1 Å². The molecule has 1 spiro atoms. The summed E-state index contributed by atoms with van der Waals surface area (Å²) in [6.07, 6.45) is 0. The molecule has 8 aromatic carbocycles. The molecule has 0 aromatic heterocycles. The topological polar surface area (TPSA) is 3.24 Å². The predicted octanol–water partition coefficient (Wildman–Crippen LogP) is 12.7. The van der Waals surface area contributed by atoms with Crippen molar-refractivity contribution in [3.63, 3.8) is 0 Å². The van der Waals surface area contributed by atoms with E-state index < -0.39 is 5.41 Å². The molecule has 2 aliphatic rings. The number of nitrogens with zero attached hydrogens (tertiary/aromatic N) is 1. The summed E-state index contributed by atoms with van der Waals surface area (Å²) in [5.74, 6) is 0. The van der Waals surface area contributed by atoms with E-state index in [0.29, 0.717) is 0 Å². The summed E-state index contributed by atoms with van der Waals surface area (Å²) in [6.45, 7) is 6.59. The molecule has 0 radical (unpaired) electrons. The van der Waals surface area contributed by atoms with Gasteiger partial charge in [0.2, 0.25) is 0 Å². The molecule has 10 rings (SSSR count). The van der Waals surface area contributed by atoms with Gasteiger partial charge in [0, 0.05) is 17.1 Å². The van der Waals surface area contributed by atoms with E-state index in [2.05, 4.69) is 183 Å². The van der Waals surface area contributed by atoms with E-state index >= 15 is 0 Å². The Labute approximate surface area is 287 Å². The predicted molar refractivity (Wildman–Crippen MR) is 207 cm³/mol. The number of para-hydroxylation sites is 1. The Morgan fingerprint density at radius 3 is 1.84 bits per heavy atom. The van der Waals surface area contributed by atoms with Gasteiger partial charge in [-0.1, -0.05) is 127 Å². The van der Waals surface area contributed by atoms with E-state index in [1.54, 1.807) is 0 Å². The quantitative estimate of drug-likeness (QED) is 0.189. The summed E-state index contributed by atoms with van der Waals surface area (Å²) in [4.78, 5) is 2.43. The highest BCUT2D eigenvalue weighted by molar-refractivity contribution is 6.11. The number of rotatable bonds is 3. The zero-order chi connectivity index (χ0) is 32.9. The first-order chi connectivity index (χ1) is 24.0. The highest BCUT2D eigenvalue weighted by atomic mass is 15.1. The lowest BCUT2D eigenvalue weighted by atomic mass is 9.69. The van der Waals surface area contributed by atoms with Crippen LogP contribution >= 0.6 is 0 Å². The first kappa shape index (κ1) is 28.1. The van der Waals surface area contributed by atoms with Gasteiger partial charge in [0.05, 0.1) is 5.41 Å². The second-order valence-corrected chi connectivity index (χ2v) is 13.9. The van der Waals surface area contributed by atoms with Crippen molar-refractivity contribution >= 4 is 38.6 Å². The largest absolute Gasteiger partial charge is 0.310 e. The number of fused-ring (bicyclic) bond motifs is 14. The molecule has 8 aromatic rings. The number of anilines is 3. The van der Waals surface area contributed by atoms with Crippen LogP contribution in [0.4, 0.5) is 17.1 Å². The van der Waals surface area contributed by atoms with Gasteiger partial charge in [-0.3, -0.25) is 0 Å². The van der Waals surface area contributed by atoms with Crippen molar-refractivity contribution < 1.29 is 0 Å². The van der Waals surface area contributed by atoms with Crippen LogP contribution < -0.4 is 4.90 Å². The monoisotopic (exact) mass is 625 g/mol. The third-order valence-electron chi connectivity index (χ3n) is 11.0. The van der Waals surface area contributed by atoms with Crippen LogP contribution in [-0.4, -0.2) is 0 Å². The van der Waals surface area contributed by atoms with Crippen molar-refractivity contribution in [2.45, 2.75) is 26.2 Å². The van der Waals surface area contributed by atoms with E-state index in [-0.39, 0.29) is 0 Å². The maximum absolute atomic E-state index is 2.43. The molecule has 0 saturated heterocycles. The first-order valence-electron chi connectivity index (χ1n) is 17.3. The number of hydrogen-bond acceptors (Lipinski definition) is 1. The second kappa shape index (κ2) is 10.3. The molecule has 232 valence electrons. The fraction of sp³-hybridized carbons (Fsp3) is 0.0833. The summed E-state index contributed by atoms with van der Waals surface area (Å²) in [6, 6.07) is 59.3. The van der Waals surface area contributed by atoms with Crippen molar-refractivity contribution in [2.75, 3.05) is 4.90 Å². The Kier molecular flexibility index (Phi) is 5.91. The third kappa shape index (κ3) is 3.82. The van der Waals surface area contributed by atoms with Gasteiger partial charge in [-0.15, -0.1) is 0 Å².